The van der Waals surface area contributed by atoms with Gasteiger partial charge in [0.25, 0.3) is 5.91 Å². The first-order valence-electron chi connectivity index (χ1n) is 9.80. The highest BCUT2D eigenvalue weighted by molar-refractivity contribution is 5.94. The van der Waals surface area contributed by atoms with Crippen LogP contribution in [0.25, 0.3) is 0 Å². The Morgan fingerprint density at radius 3 is 2.68 bits per heavy atom. The smallest absolute Gasteiger partial charge is 0.253 e. The number of amides is 1. The molecule has 4 nitrogen and oxygen atoms in total. The zero-order valence-electron chi connectivity index (χ0n) is 15.3. The van der Waals surface area contributed by atoms with Gasteiger partial charge in [-0.05, 0) is 74.6 Å². The van der Waals surface area contributed by atoms with Gasteiger partial charge in [0.1, 0.15) is 0 Å². The molecule has 2 fully saturated rings. The topological polar surface area (TPSA) is 38.8 Å². The summed E-state index contributed by atoms with van der Waals surface area (Å²) >= 11 is 0. The Labute approximate surface area is 150 Å². The van der Waals surface area contributed by atoms with Crippen molar-refractivity contribution in [2.45, 2.75) is 63.1 Å². The van der Waals surface area contributed by atoms with Crippen LogP contribution in [0.15, 0.2) is 18.2 Å². The number of fused-ring (bicyclic) bond motifs is 1. The van der Waals surface area contributed by atoms with E-state index < -0.39 is 0 Å². The number of ether oxygens (including phenoxy) is 2. The van der Waals surface area contributed by atoms with Crippen LogP contribution in [-0.4, -0.2) is 49.3 Å². The Morgan fingerprint density at radius 1 is 1.16 bits per heavy atom. The number of rotatable bonds is 2. The number of benzene rings is 1. The number of likely N-dealkylation sites (tertiary alicyclic amines) is 1. The van der Waals surface area contributed by atoms with Gasteiger partial charge >= 0.3 is 0 Å². The highest BCUT2D eigenvalue weighted by Gasteiger charge is 2.45. The number of hydrogen-bond acceptors (Lipinski definition) is 3. The van der Waals surface area contributed by atoms with Crippen molar-refractivity contribution in [1.29, 1.82) is 0 Å². The fourth-order valence-electron chi connectivity index (χ4n) is 4.84. The van der Waals surface area contributed by atoms with Crippen LogP contribution in [0, 0.1) is 0 Å². The van der Waals surface area contributed by atoms with Gasteiger partial charge in [-0.3, -0.25) is 4.79 Å². The molecule has 0 radical (unpaired) electrons. The van der Waals surface area contributed by atoms with E-state index in [1.54, 1.807) is 7.11 Å². The first-order chi connectivity index (χ1) is 12.2. The summed E-state index contributed by atoms with van der Waals surface area (Å²) in [6.07, 6.45) is 8.84. The molecule has 1 spiro atoms. The Kier molecular flexibility index (Phi) is 4.83. The molecule has 4 rings (SSSR count). The maximum Gasteiger partial charge on any atom is 0.253 e. The minimum atomic E-state index is -0.181. The largest absolute Gasteiger partial charge is 0.378 e. The predicted molar refractivity (Wildman–Crippen MR) is 96.9 cm³/mol. The van der Waals surface area contributed by atoms with Crippen molar-refractivity contribution in [3.8, 4) is 0 Å². The average Bonchev–Trinajstić information content (AvgIpc) is 2.68. The van der Waals surface area contributed by atoms with Crippen LogP contribution in [0.5, 0.6) is 0 Å². The molecular formula is C21H29NO3. The maximum atomic E-state index is 13.0. The SMILES string of the molecule is CO[C@@H]1CCCOC12CCN(C(=O)c1ccc3c(c1)CCCC3)CC2. The van der Waals surface area contributed by atoms with Crippen molar-refractivity contribution >= 4 is 5.91 Å². The van der Waals surface area contributed by atoms with Crippen molar-refractivity contribution in [3.63, 3.8) is 0 Å². The van der Waals surface area contributed by atoms with E-state index in [0.717, 1.165) is 63.8 Å². The summed E-state index contributed by atoms with van der Waals surface area (Å²) in [7, 11) is 1.78. The summed E-state index contributed by atoms with van der Waals surface area (Å²) in [6.45, 7) is 2.34. The molecular weight excluding hydrogens is 314 g/mol. The Hall–Kier alpha value is -1.39. The van der Waals surface area contributed by atoms with Crippen molar-refractivity contribution in [2.24, 2.45) is 0 Å². The zero-order chi connectivity index (χ0) is 17.3. The number of nitrogens with zero attached hydrogens (tertiary/aromatic N) is 1. The molecule has 1 aliphatic carbocycles. The van der Waals surface area contributed by atoms with Crippen LogP contribution >= 0.6 is 0 Å². The molecule has 1 amide bonds. The van der Waals surface area contributed by atoms with Gasteiger partial charge in [0.15, 0.2) is 0 Å². The first kappa shape index (κ1) is 17.0. The van der Waals surface area contributed by atoms with E-state index in [0.29, 0.717) is 0 Å². The summed E-state index contributed by atoms with van der Waals surface area (Å²) in [4.78, 5) is 15.0. The molecule has 0 aromatic heterocycles. The number of carbonyl (C=O) groups is 1. The van der Waals surface area contributed by atoms with Gasteiger partial charge in [-0.25, -0.2) is 0 Å². The second kappa shape index (κ2) is 7.08. The fourth-order valence-corrected chi connectivity index (χ4v) is 4.84. The minimum absolute atomic E-state index is 0.169. The van der Waals surface area contributed by atoms with Gasteiger partial charge in [-0.1, -0.05) is 6.07 Å². The van der Waals surface area contributed by atoms with Crippen LogP contribution < -0.4 is 0 Å². The highest BCUT2D eigenvalue weighted by Crippen LogP contribution is 2.37. The lowest BCUT2D eigenvalue weighted by Crippen LogP contribution is -2.56. The molecule has 1 aromatic rings. The molecule has 25 heavy (non-hydrogen) atoms. The summed E-state index contributed by atoms with van der Waals surface area (Å²) in [5.74, 6) is 0.174. The van der Waals surface area contributed by atoms with Gasteiger partial charge in [-0.15, -0.1) is 0 Å². The summed E-state index contributed by atoms with van der Waals surface area (Å²) in [6, 6.07) is 6.32. The zero-order valence-corrected chi connectivity index (χ0v) is 15.3. The van der Waals surface area contributed by atoms with E-state index in [1.165, 1.54) is 24.0 Å². The third-order valence-corrected chi connectivity index (χ3v) is 6.36. The van der Waals surface area contributed by atoms with E-state index in [1.807, 2.05) is 11.0 Å². The Balaban J connectivity index is 1.44. The lowest BCUT2D eigenvalue weighted by molar-refractivity contribution is -0.183. The molecule has 1 atom stereocenters. The van der Waals surface area contributed by atoms with Gasteiger partial charge in [0.2, 0.25) is 0 Å². The quantitative estimate of drug-likeness (QED) is 0.826. The van der Waals surface area contributed by atoms with E-state index in [9.17, 15) is 4.79 Å². The second-order valence-electron chi connectivity index (χ2n) is 7.76. The van der Waals surface area contributed by atoms with E-state index in [4.69, 9.17) is 9.47 Å². The Morgan fingerprint density at radius 2 is 1.92 bits per heavy atom. The van der Waals surface area contributed by atoms with Crippen LogP contribution in [-0.2, 0) is 22.3 Å². The number of piperidine rings is 1. The molecule has 136 valence electrons. The molecule has 2 aliphatic heterocycles. The standard InChI is InChI=1S/C21H29NO3/c1-24-19-7-4-14-25-21(19)10-12-22(13-11-21)20(23)18-9-8-16-5-2-3-6-17(16)15-18/h8-9,15,19H,2-7,10-14H2,1H3/t19-/m1/s1. The molecule has 0 saturated carbocycles. The van der Waals surface area contributed by atoms with Crippen LogP contribution in [0.3, 0.4) is 0 Å². The van der Waals surface area contributed by atoms with Crippen molar-refractivity contribution < 1.29 is 14.3 Å². The summed E-state index contributed by atoms with van der Waals surface area (Å²) in [5, 5.41) is 0. The van der Waals surface area contributed by atoms with Crippen LogP contribution in [0.4, 0.5) is 0 Å². The van der Waals surface area contributed by atoms with Crippen molar-refractivity contribution in [2.75, 3.05) is 26.8 Å². The highest BCUT2D eigenvalue weighted by atomic mass is 16.5. The van der Waals surface area contributed by atoms with Gasteiger partial charge in [0.05, 0.1) is 11.7 Å². The van der Waals surface area contributed by atoms with Crippen LogP contribution in [0.2, 0.25) is 0 Å². The molecule has 3 aliphatic rings. The molecule has 2 heterocycles. The molecule has 2 saturated heterocycles. The minimum Gasteiger partial charge on any atom is -0.378 e. The fraction of sp³-hybridized carbons (Fsp3) is 0.667. The monoisotopic (exact) mass is 343 g/mol. The first-order valence-corrected chi connectivity index (χ1v) is 9.80. The second-order valence-corrected chi connectivity index (χ2v) is 7.76. The van der Waals surface area contributed by atoms with E-state index in [2.05, 4.69) is 12.1 Å². The predicted octanol–water partition coefficient (Wildman–Crippen LogP) is 3.37. The molecule has 4 heteroatoms. The van der Waals surface area contributed by atoms with Gasteiger partial charge in [-0.2, -0.15) is 0 Å². The van der Waals surface area contributed by atoms with Gasteiger partial charge < -0.3 is 14.4 Å². The normalized spacial score (nSPS) is 25.6. The Bertz CT molecular complexity index is 634. The third-order valence-electron chi connectivity index (χ3n) is 6.36. The van der Waals surface area contributed by atoms with Crippen LogP contribution in [0.1, 0.15) is 60.0 Å². The van der Waals surface area contributed by atoms with E-state index >= 15 is 0 Å². The maximum absolute atomic E-state index is 13.0. The number of carbonyl (C=O) groups excluding carboxylic acids is 1. The summed E-state index contributed by atoms with van der Waals surface area (Å²) in [5.41, 5.74) is 3.48. The number of methoxy groups -OCH3 is 1. The molecule has 0 N–H and O–H groups in total. The molecule has 0 bridgehead atoms. The number of hydrogen-bond donors (Lipinski definition) is 0. The third kappa shape index (κ3) is 3.22. The lowest BCUT2D eigenvalue weighted by atomic mass is 9.81. The number of aryl methyl sites for hydroxylation is 2. The van der Waals surface area contributed by atoms with Crippen molar-refractivity contribution in [3.05, 3.63) is 34.9 Å². The van der Waals surface area contributed by atoms with Gasteiger partial charge in [0, 0.05) is 32.4 Å². The molecule has 0 unspecified atom stereocenters. The average molecular weight is 343 g/mol. The molecule has 1 aromatic carbocycles. The lowest BCUT2D eigenvalue weighted by Gasteiger charge is -2.48. The van der Waals surface area contributed by atoms with E-state index in [-0.39, 0.29) is 17.6 Å². The summed E-state index contributed by atoms with van der Waals surface area (Å²) < 4.78 is 11.9. The van der Waals surface area contributed by atoms with Crippen molar-refractivity contribution in [1.82, 2.24) is 4.90 Å².